The molecule has 0 radical (unpaired) electrons. The molecule has 3 nitrogen and oxygen atoms in total. The van der Waals surface area contributed by atoms with Gasteiger partial charge in [-0.25, -0.2) is 0 Å². The number of rotatable bonds is 3. The molecule has 1 aliphatic rings. The van der Waals surface area contributed by atoms with E-state index in [4.69, 9.17) is 4.42 Å². The van der Waals surface area contributed by atoms with Gasteiger partial charge < -0.3 is 9.32 Å². The first-order valence-corrected chi connectivity index (χ1v) is 5.65. The van der Waals surface area contributed by atoms with Gasteiger partial charge in [0.2, 0.25) is 5.91 Å². The van der Waals surface area contributed by atoms with E-state index in [2.05, 4.69) is 0 Å². The van der Waals surface area contributed by atoms with Gasteiger partial charge in [-0.15, -0.1) is 0 Å². The Balaban J connectivity index is 1.84. The van der Waals surface area contributed by atoms with Crippen LogP contribution in [-0.4, -0.2) is 23.9 Å². The third-order valence-corrected chi connectivity index (χ3v) is 2.92. The molecule has 1 saturated heterocycles. The Morgan fingerprint density at radius 1 is 1.33 bits per heavy atom. The van der Waals surface area contributed by atoms with Crippen LogP contribution in [0.5, 0.6) is 0 Å². The van der Waals surface area contributed by atoms with E-state index in [1.54, 1.807) is 12.5 Å². The number of carbonyl (C=O) groups excluding carboxylic acids is 1. The van der Waals surface area contributed by atoms with E-state index in [9.17, 15) is 4.79 Å². The van der Waals surface area contributed by atoms with E-state index in [-0.39, 0.29) is 0 Å². The molecule has 0 N–H and O–H groups in total. The SMILES string of the molecule is O=C1CCCCCN1CCc1ccoc1. The molecule has 1 amide bonds. The Morgan fingerprint density at radius 2 is 2.27 bits per heavy atom. The van der Waals surface area contributed by atoms with Crippen molar-refractivity contribution in [1.82, 2.24) is 4.90 Å². The number of nitrogens with zero attached hydrogens (tertiary/aromatic N) is 1. The van der Waals surface area contributed by atoms with E-state index in [0.29, 0.717) is 5.91 Å². The Morgan fingerprint density at radius 3 is 3.07 bits per heavy atom. The van der Waals surface area contributed by atoms with Gasteiger partial charge in [-0.05, 0) is 30.9 Å². The maximum atomic E-state index is 11.7. The van der Waals surface area contributed by atoms with E-state index < -0.39 is 0 Å². The molecule has 2 heterocycles. The number of hydrogen-bond donors (Lipinski definition) is 0. The van der Waals surface area contributed by atoms with Crippen molar-refractivity contribution in [2.45, 2.75) is 32.1 Å². The molecule has 0 atom stereocenters. The van der Waals surface area contributed by atoms with Crippen LogP contribution in [0.15, 0.2) is 23.0 Å². The van der Waals surface area contributed by atoms with Crippen LogP contribution in [0.3, 0.4) is 0 Å². The lowest BCUT2D eigenvalue weighted by Gasteiger charge is -2.19. The largest absolute Gasteiger partial charge is 0.472 e. The molecule has 0 unspecified atom stereocenters. The highest BCUT2D eigenvalue weighted by molar-refractivity contribution is 5.76. The van der Waals surface area contributed by atoms with E-state index in [1.165, 1.54) is 12.0 Å². The van der Waals surface area contributed by atoms with E-state index in [1.807, 2.05) is 11.0 Å². The van der Waals surface area contributed by atoms with Crippen LogP contribution in [0.4, 0.5) is 0 Å². The predicted octanol–water partition coefficient (Wildman–Crippen LogP) is 2.22. The summed E-state index contributed by atoms with van der Waals surface area (Å²) in [4.78, 5) is 13.7. The molecular formula is C12H17NO2. The molecule has 0 aliphatic carbocycles. The third kappa shape index (κ3) is 2.85. The molecule has 2 rings (SSSR count). The van der Waals surface area contributed by atoms with Gasteiger partial charge in [0.05, 0.1) is 12.5 Å². The molecule has 0 saturated carbocycles. The second kappa shape index (κ2) is 5.01. The lowest BCUT2D eigenvalue weighted by Crippen LogP contribution is -2.32. The van der Waals surface area contributed by atoms with Gasteiger partial charge in [0.15, 0.2) is 0 Å². The fourth-order valence-corrected chi connectivity index (χ4v) is 1.97. The van der Waals surface area contributed by atoms with Gasteiger partial charge in [-0.1, -0.05) is 6.42 Å². The van der Waals surface area contributed by atoms with Crippen molar-refractivity contribution >= 4 is 5.91 Å². The van der Waals surface area contributed by atoms with Crippen molar-refractivity contribution in [2.75, 3.05) is 13.1 Å². The summed E-state index contributed by atoms with van der Waals surface area (Å²) in [5.41, 5.74) is 1.17. The van der Waals surface area contributed by atoms with Crippen LogP contribution < -0.4 is 0 Å². The van der Waals surface area contributed by atoms with Gasteiger partial charge in [-0.3, -0.25) is 4.79 Å². The Hall–Kier alpha value is -1.25. The second-order valence-electron chi connectivity index (χ2n) is 4.07. The van der Waals surface area contributed by atoms with Gasteiger partial charge in [0.1, 0.15) is 0 Å². The first-order valence-electron chi connectivity index (χ1n) is 5.65. The number of hydrogen-bond acceptors (Lipinski definition) is 2. The molecule has 3 heteroatoms. The van der Waals surface area contributed by atoms with Crippen LogP contribution in [0, 0.1) is 0 Å². The monoisotopic (exact) mass is 207 g/mol. The molecule has 82 valence electrons. The Labute approximate surface area is 90.1 Å². The Bertz CT molecular complexity index is 305. The molecule has 0 bridgehead atoms. The molecule has 1 fully saturated rings. The zero-order valence-electron chi connectivity index (χ0n) is 8.95. The quantitative estimate of drug-likeness (QED) is 0.761. The zero-order valence-corrected chi connectivity index (χ0v) is 8.95. The van der Waals surface area contributed by atoms with Gasteiger partial charge >= 0.3 is 0 Å². The number of amides is 1. The van der Waals surface area contributed by atoms with Crippen molar-refractivity contribution in [1.29, 1.82) is 0 Å². The van der Waals surface area contributed by atoms with Crippen LogP contribution in [-0.2, 0) is 11.2 Å². The van der Waals surface area contributed by atoms with Crippen molar-refractivity contribution in [2.24, 2.45) is 0 Å². The molecule has 0 aromatic carbocycles. The summed E-state index contributed by atoms with van der Waals surface area (Å²) in [5.74, 6) is 0.316. The van der Waals surface area contributed by atoms with Crippen LogP contribution in [0.2, 0.25) is 0 Å². The average Bonchev–Trinajstić information content (AvgIpc) is 2.67. The Kier molecular flexibility index (Phi) is 3.43. The topological polar surface area (TPSA) is 33.5 Å². The first-order chi connectivity index (χ1) is 7.36. The van der Waals surface area contributed by atoms with Crippen LogP contribution in [0.25, 0.3) is 0 Å². The zero-order chi connectivity index (χ0) is 10.5. The van der Waals surface area contributed by atoms with Crippen molar-refractivity contribution in [3.05, 3.63) is 24.2 Å². The minimum atomic E-state index is 0.316. The van der Waals surface area contributed by atoms with Crippen molar-refractivity contribution in [3.8, 4) is 0 Å². The van der Waals surface area contributed by atoms with Crippen LogP contribution >= 0.6 is 0 Å². The minimum absolute atomic E-state index is 0.316. The second-order valence-corrected chi connectivity index (χ2v) is 4.07. The molecule has 1 aromatic rings. The highest BCUT2D eigenvalue weighted by Gasteiger charge is 2.15. The molecule has 1 aromatic heterocycles. The van der Waals surface area contributed by atoms with Crippen molar-refractivity contribution < 1.29 is 9.21 Å². The summed E-state index contributed by atoms with van der Waals surface area (Å²) < 4.78 is 5.00. The summed E-state index contributed by atoms with van der Waals surface area (Å²) in [6.07, 6.45) is 8.46. The van der Waals surface area contributed by atoms with Crippen molar-refractivity contribution in [3.63, 3.8) is 0 Å². The van der Waals surface area contributed by atoms with Gasteiger partial charge in [0, 0.05) is 19.5 Å². The standard InChI is InChI=1S/C12H17NO2/c14-12-4-2-1-3-7-13(12)8-5-11-6-9-15-10-11/h6,9-10H,1-5,7-8H2. The lowest BCUT2D eigenvalue weighted by molar-refractivity contribution is -0.130. The maximum Gasteiger partial charge on any atom is 0.222 e. The molecule has 1 aliphatic heterocycles. The molecular weight excluding hydrogens is 190 g/mol. The summed E-state index contributed by atoms with van der Waals surface area (Å²) >= 11 is 0. The first kappa shape index (κ1) is 10.3. The van der Waals surface area contributed by atoms with Gasteiger partial charge in [-0.2, -0.15) is 0 Å². The fraction of sp³-hybridized carbons (Fsp3) is 0.583. The highest BCUT2D eigenvalue weighted by Crippen LogP contribution is 2.12. The summed E-state index contributed by atoms with van der Waals surface area (Å²) in [7, 11) is 0. The third-order valence-electron chi connectivity index (χ3n) is 2.92. The van der Waals surface area contributed by atoms with E-state index in [0.717, 1.165) is 38.8 Å². The number of carbonyl (C=O) groups is 1. The molecule has 15 heavy (non-hydrogen) atoms. The van der Waals surface area contributed by atoms with Crippen LogP contribution in [0.1, 0.15) is 31.2 Å². The molecule has 0 spiro atoms. The average molecular weight is 207 g/mol. The smallest absolute Gasteiger partial charge is 0.222 e. The number of furan rings is 1. The lowest BCUT2D eigenvalue weighted by atomic mass is 10.2. The minimum Gasteiger partial charge on any atom is -0.472 e. The van der Waals surface area contributed by atoms with Gasteiger partial charge in [0.25, 0.3) is 0 Å². The summed E-state index contributed by atoms with van der Waals surface area (Å²) in [6.45, 7) is 1.76. The highest BCUT2D eigenvalue weighted by atomic mass is 16.3. The maximum absolute atomic E-state index is 11.7. The fourth-order valence-electron chi connectivity index (χ4n) is 1.97. The predicted molar refractivity (Wildman–Crippen MR) is 57.5 cm³/mol. The number of likely N-dealkylation sites (tertiary alicyclic amines) is 1. The van der Waals surface area contributed by atoms with E-state index >= 15 is 0 Å². The summed E-state index contributed by atoms with van der Waals surface area (Å²) in [5, 5.41) is 0. The normalized spacial score (nSPS) is 17.9. The summed E-state index contributed by atoms with van der Waals surface area (Å²) in [6, 6.07) is 1.96.